The van der Waals surface area contributed by atoms with Crippen LogP contribution in [0.4, 0.5) is 0 Å². The maximum Gasteiger partial charge on any atom is 0.230 e. The van der Waals surface area contributed by atoms with Gasteiger partial charge in [-0.05, 0) is 61.7 Å². The number of thioether (sulfide) groups is 1. The minimum Gasteiger partial charge on any atom is -0.497 e. The summed E-state index contributed by atoms with van der Waals surface area (Å²) in [6.45, 7) is 3.37. The van der Waals surface area contributed by atoms with Crippen LogP contribution in [0.5, 0.6) is 5.75 Å². The molecule has 1 N–H and O–H groups in total. The van der Waals surface area contributed by atoms with Crippen LogP contribution in [0.25, 0.3) is 11.4 Å². The lowest BCUT2D eigenvalue weighted by atomic mass is 10.1. The molecular weight excluding hydrogens is 460 g/mol. The number of carbonyl (C=O) groups is 1. The quantitative estimate of drug-likeness (QED) is 0.439. The lowest BCUT2D eigenvalue weighted by Crippen LogP contribution is -2.28. The van der Waals surface area contributed by atoms with E-state index in [0.717, 1.165) is 42.1 Å². The van der Waals surface area contributed by atoms with Crippen molar-refractivity contribution in [3.05, 3.63) is 59.1 Å². The molecule has 0 aliphatic carbocycles. The highest BCUT2D eigenvalue weighted by molar-refractivity contribution is 7.99. The first kappa shape index (κ1) is 23.6. The Bertz CT molecular complexity index is 1080. The standard InChI is InChI=1S/C24H27ClN4O3S/c1-16(18-5-3-6-19(25)13-18)26-22(30)15-33-24-28-27-23(17-8-10-20(31-2)11-9-17)29(24)14-21-7-4-12-32-21/h3,5-6,8-11,13,16,21H,4,7,12,14-15H2,1-2H3,(H,26,30)/t16-,21-/m0/s1. The molecular formula is C24H27ClN4O3S. The Labute approximate surface area is 202 Å². The van der Waals surface area contributed by atoms with E-state index in [4.69, 9.17) is 21.1 Å². The first-order chi connectivity index (χ1) is 16.0. The molecule has 0 saturated carbocycles. The molecule has 0 radical (unpaired) electrons. The summed E-state index contributed by atoms with van der Waals surface area (Å²) in [7, 11) is 1.64. The molecule has 1 aromatic heterocycles. The number of hydrogen-bond donors (Lipinski definition) is 1. The van der Waals surface area contributed by atoms with E-state index in [1.54, 1.807) is 7.11 Å². The third kappa shape index (κ3) is 6.07. The van der Waals surface area contributed by atoms with Gasteiger partial charge in [0.15, 0.2) is 11.0 Å². The van der Waals surface area contributed by atoms with Crippen molar-refractivity contribution in [1.82, 2.24) is 20.1 Å². The fourth-order valence-corrected chi connectivity index (χ4v) is 4.74. The lowest BCUT2D eigenvalue weighted by molar-refractivity contribution is -0.119. The van der Waals surface area contributed by atoms with Crippen molar-refractivity contribution in [2.75, 3.05) is 19.5 Å². The van der Waals surface area contributed by atoms with E-state index in [0.29, 0.717) is 16.7 Å². The Morgan fingerprint density at radius 1 is 1.30 bits per heavy atom. The van der Waals surface area contributed by atoms with E-state index in [2.05, 4.69) is 20.1 Å². The zero-order valence-corrected chi connectivity index (χ0v) is 20.2. The molecule has 1 aliphatic heterocycles. The zero-order chi connectivity index (χ0) is 23.2. The smallest absolute Gasteiger partial charge is 0.230 e. The highest BCUT2D eigenvalue weighted by atomic mass is 35.5. The third-order valence-corrected chi connectivity index (χ3v) is 6.74. The Hall–Kier alpha value is -2.55. The molecule has 7 nitrogen and oxygen atoms in total. The van der Waals surface area contributed by atoms with Crippen molar-refractivity contribution >= 4 is 29.3 Å². The maximum absolute atomic E-state index is 12.6. The number of carbonyl (C=O) groups excluding carboxylic acids is 1. The zero-order valence-electron chi connectivity index (χ0n) is 18.7. The summed E-state index contributed by atoms with van der Waals surface area (Å²) >= 11 is 7.44. The van der Waals surface area contributed by atoms with Gasteiger partial charge in [0.25, 0.3) is 0 Å². The van der Waals surface area contributed by atoms with E-state index < -0.39 is 0 Å². The molecule has 4 rings (SSSR count). The molecule has 2 heterocycles. The summed E-state index contributed by atoms with van der Waals surface area (Å²) in [5, 5.41) is 13.2. The van der Waals surface area contributed by atoms with Crippen LogP contribution < -0.4 is 10.1 Å². The van der Waals surface area contributed by atoms with Crippen LogP contribution in [-0.4, -0.2) is 46.2 Å². The second kappa shape index (κ2) is 11.0. The lowest BCUT2D eigenvalue weighted by Gasteiger charge is -2.16. The molecule has 0 bridgehead atoms. The number of halogens is 1. The summed E-state index contributed by atoms with van der Waals surface area (Å²) in [6, 6.07) is 15.1. The second-order valence-corrected chi connectivity index (χ2v) is 9.29. The van der Waals surface area contributed by atoms with E-state index in [1.807, 2.05) is 55.5 Å². The molecule has 1 amide bonds. The number of rotatable bonds is 9. The number of amides is 1. The van der Waals surface area contributed by atoms with Crippen LogP contribution in [0.3, 0.4) is 0 Å². The Morgan fingerprint density at radius 3 is 2.82 bits per heavy atom. The average molecular weight is 487 g/mol. The number of ether oxygens (including phenoxy) is 2. The van der Waals surface area contributed by atoms with Gasteiger partial charge >= 0.3 is 0 Å². The summed E-state index contributed by atoms with van der Waals surface area (Å²) in [5.74, 6) is 1.69. The number of benzene rings is 2. The van der Waals surface area contributed by atoms with Crippen molar-refractivity contribution in [2.45, 2.75) is 43.6 Å². The fourth-order valence-electron chi connectivity index (χ4n) is 3.78. The topological polar surface area (TPSA) is 78.3 Å². The summed E-state index contributed by atoms with van der Waals surface area (Å²) in [4.78, 5) is 12.6. The van der Waals surface area contributed by atoms with E-state index in [-0.39, 0.29) is 23.8 Å². The van der Waals surface area contributed by atoms with E-state index >= 15 is 0 Å². The van der Waals surface area contributed by atoms with Gasteiger partial charge < -0.3 is 14.8 Å². The first-order valence-corrected chi connectivity index (χ1v) is 12.3. The van der Waals surface area contributed by atoms with Crippen LogP contribution in [0.2, 0.25) is 5.02 Å². The van der Waals surface area contributed by atoms with Gasteiger partial charge in [0.2, 0.25) is 5.91 Å². The van der Waals surface area contributed by atoms with Crippen molar-refractivity contribution < 1.29 is 14.3 Å². The Morgan fingerprint density at radius 2 is 2.12 bits per heavy atom. The maximum atomic E-state index is 12.6. The first-order valence-electron chi connectivity index (χ1n) is 10.9. The van der Waals surface area contributed by atoms with Crippen LogP contribution in [-0.2, 0) is 16.1 Å². The van der Waals surface area contributed by atoms with Crippen LogP contribution in [0.1, 0.15) is 31.4 Å². The molecule has 174 valence electrons. The molecule has 1 fully saturated rings. The molecule has 1 aliphatic rings. The highest BCUT2D eigenvalue weighted by Crippen LogP contribution is 2.28. The van der Waals surface area contributed by atoms with E-state index in [1.165, 1.54) is 11.8 Å². The predicted octanol–water partition coefficient (Wildman–Crippen LogP) is 4.76. The Kier molecular flexibility index (Phi) is 7.90. The molecule has 3 aromatic rings. The number of aromatic nitrogens is 3. The number of nitrogens with zero attached hydrogens (tertiary/aromatic N) is 3. The van der Waals surface area contributed by atoms with Gasteiger partial charge in [-0.1, -0.05) is 35.5 Å². The van der Waals surface area contributed by atoms with Crippen molar-refractivity contribution in [3.8, 4) is 17.1 Å². The van der Waals surface area contributed by atoms with Gasteiger partial charge in [0, 0.05) is 17.2 Å². The Balaban J connectivity index is 1.46. The SMILES string of the molecule is COc1ccc(-c2nnc(SCC(=O)N[C@@H](C)c3cccc(Cl)c3)n2C[C@@H]2CCCO2)cc1. The highest BCUT2D eigenvalue weighted by Gasteiger charge is 2.22. The third-order valence-electron chi connectivity index (χ3n) is 5.53. The summed E-state index contributed by atoms with van der Waals surface area (Å²) in [5.41, 5.74) is 1.90. The van der Waals surface area contributed by atoms with Crippen LogP contribution in [0, 0.1) is 0 Å². The largest absolute Gasteiger partial charge is 0.497 e. The molecule has 33 heavy (non-hydrogen) atoms. The molecule has 0 spiro atoms. The van der Waals surface area contributed by atoms with Gasteiger partial charge in [-0.2, -0.15) is 0 Å². The van der Waals surface area contributed by atoms with Gasteiger partial charge in [0.1, 0.15) is 5.75 Å². The summed E-state index contributed by atoms with van der Waals surface area (Å²) in [6.07, 6.45) is 2.17. The van der Waals surface area contributed by atoms with E-state index in [9.17, 15) is 4.79 Å². The van der Waals surface area contributed by atoms with Crippen molar-refractivity contribution in [3.63, 3.8) is 0 Å². The molecule has 1 saturated heterocycles. The van der Waals surface area contributed by atoms with Gasteiger partial charge in [-0.3, -0.25) is 9.36 Å². The average Bonchev–Trinajstić information content (AvgIpc) is 3.48. The molecule has 2 aromatic carbocycles. The molecule has 9 heteroatoms. The molecule has 0 unspecified atom stereocenters. The van der Waals surface area contributed by atoms with Crippen molar-refractivity contribution in [2.24, 2.45) is 0 Å². The summed E-state index contributed by atoms with van der Waals surface area (Å²) < 4.78 is 13.2. The van der Waals surface area contributed by atoms with Crippen molar-refractivity contribution in [1.29, 1.82) is 0 Å². The molecule has 2 atom stereocenters. The number of nitrogens with one attached hydrogen (secondary N) is 1. The van der Waals surface area contributed by atoms with Crippen LogP contribution >= 0.6 is 23.4 Å². The van der Waals surface area contributed by atoms with Gasteiger partial charge in [-0.15, -0.1) is 10.2 Å². The predicted molar refractivity (Wildman–Crippen MR) is 130 cm³/mol. The van der Waals surface area contributed by atoms with Crippen LogP contribution in [0.15, 0.2) is 53.7 Å². The number of methoxy groups -OCH3 is 1. The fraction of sp³-hybridized carbons (Fsp3) is 0.375. The van der Waals surface area contributed by atoms with Gasteiger partial charge in [0.05, 0.1) is 31.6 Å². The minimum atomic E-state index is -0.142. The normalized spacial score (nSPS) is 16.5. The number of hydrogen-bond acceptors (Lipinski definition) is 6. The minimum absolute atomic E-state index is 0.0786. The second-order valence-electron chi connectivity index (χ2n) is 7.91. The van der Waals surface area contributed by atoms with Gasteiger partial charge in [-0.25, -0.2) is 0 Å². The monoisotopic (exact) mass is 486 g/mol.